The average Bonchev–Trinajstić information content (AvgIpc) is 2.28. The summed E-state index contributed by atoms with van der Waals surface area (Å²) < 4.78 is 0. The number of rotatable bonds is 7. The lowest BCUT2D eigenvalue weighted by molar-refractivity contribution is -0.385. The zero-order valence-electron chi connectivity index (χ0n) is 10.8. The Morgan fingerprint density at radius 3 is 2.94 bits per heavy atom. The fraction of sp³-hybridized carbons (Fsp3) is 0.462. The molecule has 5 heteroatoms. The third-order valence-electron chi connectivity index (χ3n) is 2.72. The van der Waals surface area contributed by atoms with Crippen molar-refractivity contribution in [3.8, 4) is 0 Å². The summed E-state index contributed by atoms with van der Waals surface area (Å²) in [5.74, 6) is 0.684. The molecule has 0 radical (unpaired) electrons. The lowest BCUT2D eigenvalue weighted by Gasteiger charge is -2.14. The first-order valence-electron chi connectivity index (χ1n) is 6.03. The summed E-state index contributed by atoms with van der Waals surface area (Å²) in [6.07, 6.45) is 6.29. The first-order valence-corrected chi connectivity index (χ1v) is 6.03. The molecule has 0 aliphatic carbocycles. The number of anilines is 1. The quantitative estimate of drug-likeness (QED) is 0.348. The van der Waals surface area contributed by atoms with E-state index in [9.17, 15) is 10.1 Å². The van der Waals surface area contributed by atoms with Crippen LogP contribution < -0.4 is 5.32 Å². The van der Waals surface area contributed by atoms with Crippen LogP contribution in [0, 0.1) is 17.0 Å². The van der Waals surface area contributed by atoms with Gasteiger partial charge in [-0.1, -0.05) is 6.08 Å². The van der Waals surface area contributed by atoms with Crippen LogP contribution in [0.5, 0.6) is 0 Å². The Labute approximate surface area is 107 Å². The number of allylic oxidation sites excluding steroid dienone is 1. The van der Waals surface area contributed by atoms with Gasteiger partial charge in [0.2, 0.25) is 0 Å². The fourth-order valence-electron chi connectivity index (χ4n) is 1.71. The van der Waals surface area contributed by atoms with Gasteiger partial charge in [-0.3, -0.25) is 10.1 Å². The SMILES string of the molecule is C=CCCCC(C)Nc1cc(C)c([N+](=O)[O-])cn1. The van der Waals surface area contributed by atoms with Crippen molar-refractivity contribution < 1.29 is 4.92 Å². The maximum atomic E-state index is 10.7. The van der Waals surface area contributed by atoms with E-state index in [0.717, 1.165) is 19.3 Å². The monoisotopic (exact) mass is 249 g/mol. The minimum Gasteiger partial charge on any atom is -0.368 e. The van der Waals surface area contributed by atoms with Crippen LogP contribution in [-0.2, 0) is 0 Å². The molecule has 0 spiro atoms. The second-order valence-corrected chi connectivity index (χ2v) is 4.38. The number of unbranched alkanes of at least 4 members (excludes halogenated alkanes) is 1. The predicted octanol–water partition coefficient (Wildman–Crippen LogP) is 3.45. The van der Waals surface area contributed by atoms with Crippen molar-refractivity contribution in [2.75, 3.05) is 5.32 Å². The first-order chi connectivity index (χ1) is 8.54. The van der Waals surface area contributed by atoms with Gasteiger partial charge < -0.3 is 5.32 Å². The molecule has 0 saturated heterocycles. The topological polar surface area (TPSA) is 68.1 Å². The van der Waals surface area contributed by atoms with Gasteiger partial charge in [0.15, 0.2) is 0 Å². The summed E-state index contributed by atoms with van der Waals surface area (Å²) in [4.78, 5) is 14.3. The van der Waals surface area contributed by atoms with Gasteiger partial charge in [-0.05, 0) is 39.2 Å². The average molecular weight is 249 g/mol. The van der Waals surface area contributed by atoms with Crippen LogP contribution in [0.2, 0.25) is 0 Å². The standard InChI is InChI=1S/C13H19N3O2/c1-4-5-6-7-11(3)15-13-8-10(2)12(9-14-13)16(17)18/h4,8-9,11H,1,5-7H2,2-3H3,(H,14,15). The van der Waals surface area contributed by atoms with Crippen molar-refractivity contribution in [3.63, 3.8) is 0 Å². The smallest absolute Gasteiger partial charge is 0.290 e. The molecule has 1 aromatic heterocycles. The molecule has 0 bridgehead atoms. The highest BCUT2D eigenvalue weighted by atomic mass is 16.6. The summed E-state index contributed by atoms with van der Waals surface area (Å²) in [6, 6.07) is 2.00. The van der Waals surface area contributed by atoms with Crippen LogP contribution >= 0.6 is 0 Å². The molecule has 1 unspecified atom stereocenters. The Hall–Kier alpha value is -1.91. The number of nitro groups is 1. The molecule has 0 fully saturated rings. The maximum Gasteiger partial charge on any atom is 0.290 e. The van der Waals surface area contributed by atoms with Crippen molar-refractivity contribution in [2.45, 2.75) is 39.2 Å². The maximum absolute atomic E-state index is 10.7. The highest BCUT2D eigenvalue weighted by Gasteiger charge is 2.12. The Bertz CT molecular complexity index is 432. The minimum absolute atomic E-state index is 0.0554. The van der Waals surface area contributed by atoms with Crippen LogP contribution in [0.4, 0.5) is 11.5 Å². The third kappa shape index (κ3) is 4.16. The van der Waals surface area contributed by atoms with E-state index < -0.39 is 4.92 Å². The van der Waals surface area contributed by atoms with Gasteiger partial charge in [-0.2, -0.15) is 0 Å². The van der Waals surface area contributed by atoms with E-state index in [1.54, 1.807) is 13.0 Å². The minimum atomic E-state index is -0.417. The molecule has 5 nitrogen and oxygen atoms in total. The molecular weight excluding hydrogens is 230 g/mol. The van der Waals surface area contributed by atoms with Gasteiger partial charge in [0.25, 0.3) is 5.69 Å². The predicted molar refractivity (Wildman–Crippen MR) is 72.8 cm³/mol. The number of nitrogens with one attached hydrogen (secondary N) is 1. The van der Waals surface area contributed by atoms with Gasteiger partial charge in [-0.15, -0.1) is 6.58 Å². The van der Waals surface area contributed by atoms with E-state index >= 15 is 0 Å². The molecule has 0 amide bonds. The summed E-state index contributed by atoms with van der Waals surface area (Å²) >= 11 is 0. The molecule has 1 atom stereocenters. The zero-order chi connectivity index (χ0) is 13.5. The van der Waals surface area contributed by atoms with E-state index in [4.69, 9.17) is 0 Å². The first kappa shape index (κ1) is 14.2. The van der Waals surface area contributed by atoms with E-state index in [1.807, 2.05) is 6.08 Å². The summed E-state index contributed by atoms with van der Waals surface area (Å²) in [5.41, 5.74) is 0.677. The lowest BCUT2D eigenvalue weighted by Crippen LogP contribution is -2.16. The molecule has 0 aliphatic rings. The number of pyridine rings is 1. The molecule has 98 valence electrons. The molecule has 1 heterocycles. The van der Waals surface area contributed by atoms with Gasteiger partial charge in [-0.25, -0.2) is 4.98 Å². The molecular formula is C13H19N3O2. The fourth-order valence-corrected chi connectivity index (χ4v) is 1.71. The second kappa shape index (κ2) is 6.74. The number of hydrogen-bond donors (Lipinski definition) is 1. The van der Waals surface area contributed by atoms with E-state index in [1.165, 1.54) is 6.20 Å². The van der Waals surface area contributed by atoms with Gasteiger partial charge >= 0.3 is 0 Å². The molecule has 1 aromatic rings. The number of aromatic nitrogens is 1. The Morgan fingerprint density at radius 1 is 1.67 bits per heavy atom. The third-order valence-corrected chi connectivity index (χ3v) is 2.72. The molecule has 1 rings (SSSR count). The van der Waals surface area contributed by atoms with Crippen LogP contribution in [0.1, 0.15) is 31.7 Å². The molecule has 0 saturated carbocycles. The van der Waals surface area contributed by atoms with E-state index in [-0.39, 0.29) is 5.69 Å². The van der Waals surface area contributed by atoms with Crippen LogP contribution in [0.3, 0.4) is 0 Å². The zero-order valence-corrected chi connectivity index (χ0v) is 10.8. The summed E-state index contributed by atoms with van der Waals surface area (Å²) in [6.45, 7) is 7.47. The van der Waals surface area contributed by atoms with Crippen molar-refractivity contribution in [1.29, 1.82) is 0 Å². The largest absolute Gasteiger partial charge is 0.368 e. The highest BCUT2D eigenvalue weighted by Crippen LogP contribution is 2.19. The molecule has 0 aromatic carbocycles. The van der Waals surface area contributed by atoms with Crippen molar-refractivity contribution in [3.05, 3.63) is 40.6 Å². The van der Waals surface area contributed by atoms with E-state index in [0.29, 0.717) is 17.4 Å². The summed E-state index contributed by atoms with van der Waals surface area (Å²) in [7, 11) is 0. The Morgan fingerprint density at radius 2 is 2.39 bits per heavy atom. The number of hydrogen-bond acceptors (Lipinski definition) is 4. The second-order valence-electron chi connectivity index (χ2n) is 4.38. The van der Waals surface area contributed by atoms with E-state index in [2.05, 4.69) is 23.8 Å². The number of aryl methyl sites for hydroxylation is 1. The lowest BCUT2D eigenvalue weighted by atomic mass is 10.1. The van der Waals surface area contributed by atoms with Gasteiger partial charge in [0.1, 0.15) is 12.0 Å². The highest BCUT2D eigenvalue weighted by molar-refractivity contribution is 5.47. The van der Waals surface area contributed by atoms with Crippen molar-refractivity contribution in [2.24, 2.45) is 0 Å². The Kier molecular flexibility index (Phi) is 5.30. The summed E-state index contributed by atoms with van der Waals surface area (Å²) in [5, 5.41) is 13.9. The van der Waals surface area contributed by atoms with Crippen molar-refractivity contribution in [1.82, 2.24) is 4.98 Å². The molecule has 1 N–H and O–H groups in total. The Balaban J connectivity index is 2.60. The van der Waals surface area contributed by atoms with Crippen LogP contribution in [-0.4, -0.2) is 15.9 Å². The normalized spacial score (nSPS) is 11.9. The van der Waals surface area contributed by atoms with Gasteiger partial charge in [0, 0.05) is 11.6 Å². The number of nitrogens with zero attached hydrogens (tertiary/aromatic N) is 2. The van der Waals surface area contributed by atoms with Gasteiger partial charge in [0.05, 0.1) is 4.92 Å². The van der Waals surface area contributed by atoms with Crippen LogP contribution in [0.15, 0.2) is 24.9 Å². The molecule has 18 heavy (non-hydrogen) atoms. The molecule has 0 aliphatic heterocycles. The van der Waals surface area contributed by atoms with Crippen molar-refractivity contribution >= 4 is 11.5 Å². The van der Waals surface area contributed by atoms with Crippen LogP contribution in [0.25, 0.3) is 0 Å².